The Morgan fingerprint density at radius 2 is 2.31 bits per heavy atom. The highest BCUT2D eigenvalue weighted by Crippen LogP contribution is 2.18. The molecule has 6 nitrogen and oxygen atoms in total. The number of nitrogens with zero attached hydrogens (tertiary/aromatic N) is 1. The number of hydrogen-bond donors (Lipinski definition) is 1. The molecule has 1 rings (SSSR count). The van der Waals surface area contributed by atoms with E-state index in [4.69, 9.17) is 9.84 Å². The molecule has 0 aromatic carbocycles. The lowest BCUT2D eigenvalue weighted by Gasteiger charge is -2.21. The molecule has 6 heteroatoms. The van der Waals surface area contributed by atoms with Crippen LogP contribution in [0.1, 0.15) is 13.3 Å². The third-order valence-electron chi connectivity index (χ3n) is 1.95. The first kappa shape index (κ1) is 12.0. The van der Waals surface area contributed by atoms with E-state index in [1.54, 1.807) is 6.92 Å². The molecule has 0 aliphatic carbocycles. The summed E-state index contributed by atoms with van der Waals surface area (Å²) in [5.41, 5.74) is 0.113. The number of hydrogen-bond acceptors (Lipinski definition) is 4. The average molecular weight is 225 g/mol. The van der Waals surface area contributed by atoms with Crippen LogP contribution in [0.5, 0.6) is 0 Å². The van der Waals surface area contributed by atoms with E-state index in [2.05, 4.69) is 0 Å². The maximum absolute atomic E-state index is 11.4. The first-order chi connectivity index (χ1) is 7.60. The molecule has 1 heterocycles. The van der Waals surface area contributed by atoms with Gasteiger partial charge in [0.2, 0.25) is 0 Å². The Hall–Kier alpha value is -2.11. The average Bonchev–Trinajstić information content (AvgIpc) is 2.28. The highest BCUT2D eigenvalue weighted by Gasteiger charge is 2.23. The normalized spacial score (nSPS) is 14.9. The molecule has 0 saturated heterocycles. The van der Waals surface area contributed by atoms with Crippen LogP contribution in [0.4, 0.5) is 4.79 Å². The van der Waals surface area contributed by atoms with Gasteiger partial charge in [0.05, 0.1) is 17.9 Å². The second kappa shape index (κ2) is 5.11. The van der Waals surface area contributed by atoms with E-state index < -0.39 is 12.1 Å². The van der Waals surface area contributed by atoms with Gasteiger partial charge in [-0.25, -0.2) is 14.5 Å². The Bertz CT molecular complexity index is 383. The standard InChI is InChI=1S/C10H11NO5/c1-2-16-10(15)11-5-7(9(13)14)3-4-8(11)6-12/h4-6H,2-3H2,1H3,(H,13,14). The number of carboxylic acid groups (broad SMARTS) is 1. The summed E-state index contributed by atoms with van der Waals surface area (Å²) in [6.07, 6.45) is 2.29. The Balaban J connectivity index is 2.94. The predicted octanol–water partition coefficient (Wildman–Crippen LogP) is 0.900. The molecule has 1 amide bonds. The fourth-order valence-electron chi connectivity index (χ4n) is 1.19. The topological polar surface area (TPSA) is 83.9 Å². The van der Waals surface area contributed by atoms with Crippen LogP contribution >= 0.6 is 0 Å². The molecule has 0 bridgehead atoms. The minimum atomic E-state index is -1.13. The van der Waals surface area contributed by atoms with Crippen molar-refractivity contribution in [2.75, 3.05) is 6.61 Å². The maximum Gasteiger partial charge on any atom is 0.418 e. The summed E-state index contributed by atoms with van der Waals surface area (Å²) < 4.78 is 4.69. The fourth-order valence-corrected chi connectivity index (χ4v) is 1.19. The van der Waals surface area contributed by atoms with Gasteiger partial charge in [0.25, 0.3) is 0 Å². The van der Waals surface area contributed by atoms with Crippen molar-refractivity contribution in [3.05, 3.63) is 23.5 Å². The molecule has 0 fully saturated rings. The van der Waals surface area contributed by atoms with Gasteiger partial charge >= 0.3 is 12.1 Å². The van der Waals surface area contributed by atoms with Crippen LogP contribution in [-0.2, 0) is 14.3 Å². The Labute approximate surface area is 91.8 Å². The van der Waals surface area contributed by atoms with Crippen molar-refractivity contribution in [3.63, 3.8) is 0 Å². The minimum Gasteiger partial charge on any atom is -0.478 e. The number of amides is 1. The molecular formula is C10H11NO5. The van der Waals surface area contributed by atoms with E-state index in [0.717, 1.165) is 11.1 Å². The van der Waals surface area contributed by atoms with Crippen LogP contribution in [-0.4, -0.2) is 35.0 Å². The number of carboxylic acids is 1. The van der Waals surface area contributed by atoms with Gasteiger partial charge in [0.1, 0.15) is 0 Å². The maximum atomic E-state index is 11.4. The number of carbonyl (C=O) groups is 3. The van der Waals surface area contributed by atoms with Gasteiger partial charge in [0.15, 0.2) is 6.29 Å². The van der Waals surface area contributed by atoms with E-state index in [9.17, 15) is 14.4 Å². The van der Waals surface area contributed by atoms with E-state index in [0.29, 0.717) is 6.29 Å². The van der Waals surface area contributed by atoms with E-state index in [1.807, 2.05) is 0 Å². The number of aldehydes is 1. The van der Waals surface area contributed by atoms with Gasteiger partial charge in [0, 0.05) is 12.6 Å². The van der Waals surface area contributed by atoms with Crippen molar-refractivity contribution >= 4 is 18.3 Å². The second-order valence-electron chi connectivity index (χ2n) is 2.98. The Morgan fingerprint density at radius 1 is 1.62 bits per heavy atom. The number of aliphatic carboxylic acids is 1. The van der Waals surface area contributed by atoms with Crippen molar-refractivity contribution in [1.82, 2.24) is 4.90 Å². The van der Waals surface area contributed by atoms with Crippen molar-refractivity contribution in [1.29, 1.82) is 0 Å². The minimum absolute atomic E-state index is 0.0265. The molecule has 86 valence electrons. The molecule has 0 aromatic rings. The van der Waals surface area contributed by atoms with Crippen LogP contribution in [0.15, 0.2) is 23.5 Å². The summed E-state index contributed by atoms with van der Waals surface area (Å²) in [7, 11) is 0. The van der Waals surface area contributed by atoms with Crippen LogP contribution in [0.3, 0.4) is 0 Å². The van der Waals surface area contributed by atoms with Gasteiger partial charge in [-0.1, -0.05) is 6.08 Å². The summed E-state index contributed by atoms with van der Waals surface area (Å²) in [5.74, 6) is -1.13. The lowest BCUT2D eigenvalue weighted by atomic mass is 10.1. The largest absolute Gasteiger partial charge is 0.478 e. The summed E-state index contributed by atoms with van der Waals surface area (Å²) in [5, 5.41) is 8.76. The van der Waals surface area contributed by atoms with Gasteiger partial charge < -0.3 is 9.84 Å². The van der Waals surface area contributed by atoms with Gasteiger partial charge in [-0.05, 0) is 6.92 Å². The SMILES string of the molecule is CCOC(=O)N1C=C(C(=O)O)CC=C1C=O. The molecule has 1 aliphatic heterocycles. The second-order valence-corrected chi connectivity index (χ2v) is 2.98. The van der Waals surface area contributed by atoms with Crippen molar-refractivity contribution in [2.45, 2.75) is 13.3 Å². The number of allylic oxidation sites excluding steroid dienone is 2. The zero-order valence-electron chi connectivity index (χ0n) is 8.67. The lowest BCUT2D eigenvalue weighted by molar-refractivity contribution is -0.132. The molecule has 0 spiro atoms. The molecule has 0 saturated carbocycles. The molecule has 1 aliphatic rings. The Morgan fingerprint density at radius 3 is 2.81 bits per heavy atom. The molecule has 16 heavy (non-hydrogen) atoms. The van der Waals surface area contributed by atoms with Gasteiger partial charge in [-0.3, -0.25) is 4.79 Å². The summed E-state index contributed by atoms with van der Waals surface area (Å²) in [6, 6.07) is 0. The van der Waals surface area contributed by atoms with E-state index in [-0.39, 0.29) is 24.3 Å². The summed E-state index contributed by atoms with van der Waals surface area (Å²) in [4.78, 5) is 33.7. The molecule has 0 unspecified atom stereocenters. The summed E-state index contributed by atoms with van der Waals surface area (Å²) in [6.45, 7) is 1.77. The summed E-state index contributed by atoms with van der Waals surface area (Å²) >= 11 is 0. The van der Waals surface area contributed by atoms with Crippen LogP contribution in [0, 0.1) is 0 Å². The highest BCUT2D eigenvalue weighted by atomic mass is 16.6. The fraction of sp³-hybridized carbons (Fsp3) is 0.300. The molecule has 0 aromatic heterocycles. The predicted molar refractivity (Wildman–Crippen MR) is 53.3 cm³/mol. The zero-order chi connectivity index (χ0) is 12.1. The smallest absolute Gasteiger partial charge is 0.418 e. The molecule has 0 atom stereocenters. The quantitative estimate of drug-likeness (QED) is 0.721. The van der Waals surface area contributed by atoms with Crippen LogP contribution in [0.2, 0.25) is 0 Å². The van der Waals surface area contributed by atoms with Crippen LogP contribution < -0.4 is 0 Å². The van der Waals surface area contributed by atoms with Crippen molar-refractivity contribution in [2.24, 2.45) is 0 Å². The van der Waals surface area contributed by atoms with Crippen molar-refractivity contribution in [3.8, 4) is 0 Å². The molecule has 0 radical (unpaired) electrons. The molecule has 1 N–H and O–H groups in total. The molecular weight excluding hydrogens is 214 g/mol. The van der Waals surface area contributed by atoms with E-state index in [1.165, 1.54) is 6.08 Å². The van der Waals surface area contributed by atoms with Crippen molar-refractivity contribution < 1.29 is 24.2 Å². The first-order valence-electron chi connectivity index (χ1n) is 4.65. The Kier molecular flexibility index (Phi) is 3.82. The lowest BCUT2D eigenvalue weighted by Crippen LogP contribution is -2.29. The highest BCUT2D eigenvalue weighted by molar-refractivity contribution is 5.91. The van der Waals surface area contributed by atoms with Gasteiger partial charge in [-0.15, -0.1) is 0 Å². The van der Waals surface area contributed by atoms with Gasteiger partial charge in [-0.2, -0.15) is 0 Å². The monoisotopic (exact) mass is 225 g/mol. The van der Waals surface area contributed by atoms with E-state index >= 15 is 0 Å². The number of ether oxygens (including phenoxy) is 1. The number of rotatable bonds is 3. The zero-order valence-corrected chi connectivity index (χ0v) is 8.67. The van der Waals surface area contributed by atoms with Crippen LogP contribution in [0.25, 0.3) is 0 Å². The third kappa shape index (κ3) is 2.47. The first-order valence-corrected chi connectivity index (χ1v) is 4.65. The number of carbonyl (C=O) groups excluding carboxylic acids is 2. The third-order valence-corrected chi connectivity index (χ3v) is 1.95.